The number of benzene rings is 8. The molecule has 11 aromatic rings. The summed E-state index contributed by atoms with van der Waals surface area (Å²) in [6.45, 7) is 4.70. The van der Waals surface area contributed by atoms with Gasteiger partial charge < -0.3 is 4.57 Å². The standard InChI is InChI=1S/C48H37N2S.C14H16GeN.Ir/c1-31-22-24-32(25-23-31)35-26-27-37-38-18-13-19-39(46(38)51-44(37)28-35)47-49-42-20-11-12-21-43(42)50(47)45-40(33-14-7-5-8-15-33)29-36(48(2,3)4)30-41(45)34-16-9-6-10-17-34;1-15(2,3)13-9-10-14(16-11-13)12-7-5-4-6-8-12;/h5-18,20-30H,1-4H3;4-7,9-11H,1-3H3;/q2*-1;/i1D3;;. The normalized spacial score (nSPS) is 12.5. The number of rotatable bonds is 7. The third-order valence-electron chi connectivity index (χ3n) is 12.4. The number of hydrogen-bond acceptors (Lipinski definition) is 3. The number of fused-ring (bicyclic) bond motifs is 4. The molecule has 0 saturated carbocycles. The first kappa shape index (κ1) is 43.1. The smallest absolute Gasteiger partial charge is 0 e. The van der Waals surface area contributed by atoms with E-state index >= 15 is 0 Å². The number of para-hydroxylation sites is 2. The van der Waals surface area contributed by atoms with E-state index in [4.69, 9.17) is 9.10 Å². The minimum atomic E-state index is -2.13. The van der Waals surface area contributed by atoms with Crippen LogP contribution in [0.3, 0.4) is 0 Å². The van der Waals surface area contributed by atoms with Gasteiger partial charge >= 0.3 is 99.8 Å². The summed E-state index contributed by atoms with van der Waals surface area (Å²) >= 11 is 0.0297. The minimum Gasteiger partial charge on any atom is 0 e. The number of imidazole rings is 1. The Hall–Kier alpha value is -6.21. The summed E-state index contributed by atoms with van der Waals surface area (Å²) in [5.74, 6) is 7.98. The van der Waals surface area contributed by atoms with Crippen LogP contribution in [-0.2, 0) is 25.5 Å². The van der Waals surface area contributed by atoms with Gasteiger partial charge in [0.15, 0.2) is 0 Å². The van der Waals surface area contributed by atoms with E-state index < -0.39 is 20.1 Å². The van der Waals surface area contributed by atoms with Crippen molar-refractivity contribution < 1.29 is 24.2 Å². The van der Waals surface area contributed by atoms with Crippen molar-refractivity contribution in [2.45, 2.75) is 50.3 Å². The molecule has 0 atom stereocenters. The zero-order valence-electron chi connectivity index (χ0n) is 42.1. The van der Waals surface area contributed by atoms with Gasteiger partial charge in [-0.3, -0.25) is 4.98 Å². The maximum Gasteiger partial charge on any atom is 0 e. The molecule has 6 heteroatoms. The van der Waals surface area contributed by atoms with E-state index in [-0.39, 0.29) is 25.5 Å². The first-order chi connectivity index (χ1) is 33.6. The largest absolute Gasteiger partial charge is 0 e. The molecule has 0 aliphatic heterocycles. The Morgan fingerprint density at radius 1 is 0.618 bits per heavy atom. The molecule has 0 aliphatic rings. The second kappa shape index (κ2) is 19.4. The molecule has 3 nitrogen and oxygen atoms in total. The molecule has 1 radical (unpaired) electrons. The molecule has 0 saturated heterocycles. The predicted octanol–water partition coefficient (Wildman–Crippen LogP) is 16.6. The number of aryl methyl sites for hydroxylation is 1. The molecular weight excluding hydrogens is 1080 g/mol. The van der Waals surface area contributed by atoms with Crippen LogP contribution in [0.2, 0.25) is 17.3 Å². The summed E-state index contributed by atoms with van der Waals surface area (Å²) in [6.07, 6.45) is 2.04. The molecule has 0 unspecified atom stereocenters. The predicted molar refractivity (Wildman–Crippen MR) is 289 cm³/mol. The Kier molecular flexibility index (Phi) is 12.3. The van der Waals surface area contributed by atoms with Gasteiger partial charge in [0, 0.05) is 40.0 Å². The van der Waals surface area contributed by atoms with Gasteiger partial charge in [0.1, 0.15) is 0 Å². The van der Waals surface area contributed by atoms with Gasteiger partial charge in [0.05, 0.1) is 22.5 Å². The van der Waals surface area contributed by atoms with Gasteiger partial charge in [-0.25, -0.2) is 0 Å². The third-order valence-corrected chi connectivity index (χ3v) is 17.9. The van der Waals surface area contributed by atoms with Gasteiger partial charge in [-0.15, -0.1) is 18.2 Å². The Balaban J connectivity index is 0.000000313. The van der Waals surface area contributed by atoms with Gasteiger partial charge in [-0.2, -0.15) is 11.3 Å². The fourth-order valence-electron chi connectivity index (χ4n) is 8.70. The van der Waals surface area contributed by atoms with Gasteiger partial charge in [-0.05, 0) is 80.5 Å². The van der Waals surface area contributed by atoms with E-state index in [1.807, 2.05) is 48.7 Å². The topological polar surface area (TPSA) is 30.7 Å². The van der Waals surface area contributed by atoms with Crippen molar-refractivity contribution >= 4 is 60.2 Å². The molecule has 0 bridgehead atoms. The van der Waals surface area contributed by atoms with Gasteiger partial charge in [0.2, 0.25) is 0 Å². The average molecular weight is 1140 g/mol. The SMILES string of the molecule is [2H]C([2H])([2H])c1ccc(-c2ccc3c(c2)sc2c(-c4nc5ccccc5n4-c4c(-c5ccccc5)cc(C(C)(C)C)cc4-c4ccccc4)[c-]ccc23)cc1.[CH3][Ge]([CH3])([CH3])[c]1ccc(-c2[c-]cccc2)nc1.[Ir]. The van der Waals surface area contributed by atoms with Crippen molar-refractivity contribution in [1.29, 1.82) is 0 Å². The van der Waals surface area contributed by atoms with Crippen LogP contribution in [-0.4, -0.2) is 27.8 Å². The molecule has 0 fully saturated rings. The van der Waals surface area contributed by atoms with E-state index in [2.05, 4.69) is 193 Å². The third kappa shape index (κ3) is 9.46. The maximum absolute atomic E-state index is 7.78. The van der Waals surface area contributed by atoms with Crippen molar-refractivity contribution in [2.24, 2.45) is 0 Å². The summed E-state index contributed by atoms with van der Waals surface area (Å²) in [4.78, 5) is 9.94. The second-order valence-corrected chi connectivity index (χ2v) is 30.8. The first-order valence-electron chi connectivity index (χ1n) is 24.3. The van der Waals surface area contributed by atoms with E-state index in [0.29, 0.717) is 5.56 Å². The van der Waals surface area contributed by atoms with Crippen LogP contribution in [0.1, 0.15) is 36.0 Å². The van der Waals surface area contributed by atoms with Gasteiger partial charge in [0.25, 0.3) is 0 Å². The zero-order valence-corrected chi connectivity index (χ0v) is 44.4. The first-order valence-corrected chi connectivity index (χ1v) is 31.0. The number of thiophene rings is 1. The molecule has 0 spiro atoms. The van der Waals surface area contributed by atoms with E-state index in [1.165, 1.54) is 15.3 Å². The fraction of sp³-hybridized carbons (Fsp3) is 0.129. The molecule has 11 rings (SSSR count). The van der Waals surface area contributed by atoms with E-state index in [0.717, 1.165) is 87.5 Å². The van der Waals surface area contributed by atoms with Crippen LogP contribution in [0.5, 0.6) is 0 Å². The summed E-state index contributed by atoms with van der Waals surface area (Å²) in [5, 5.41) is 2.32. The van der Waals surface area contributed by atoms with Crippen LogP contribution in [0.4, 0.5) is 0 Å². The molecule has 0 amide bonds. The fourth-order valence-corrected chi connectivity index (χ4v) is 12.1. The summed E-state index contributed by atoms with van der Waals surface area (Å²) in [6, 6.07) is 71.6. The minimum absolute atomic E-state index is 0. The Morgan fingerprint density at radius 3 is 1.90 bits per heavy atom. The van der Waals surface area contributed by atoms with Gasteiger partial charge in [-0.1, -0.05) is 146 Å². The Bertz CT molecular complexity index is 3570. The monoisotopic (exact) mass is 1140 g/mol. The van der Waals surface area contributed by atoms with Crippen LogP contribution in [0, 0.1) is 19.0 Å². The Morgan fingerprint density at radius 2 is 1.28 bits per heavy atom. The summed E-state index contributed by atoms with van der Waals surface area (Å²) in [5.41, 5.74) is 14.2. The van der Waals surface area contributed by atoms with Crippen molar-refractivity contribution in [3.05, 3.63) is 218 Å². The van der Waals surface area contributed by atoms with Crippen molar-refractivity contribution in [3.8, 4) is 61.7 Å². The Labute approximate surface area is 425 Å². The number of nitrogens with zero attached hydrogens (tertiary/aromatic N) is 3. The zero-order chi connectivity index (χ0) is 48.8. The van der Waals surface area contributed by atoms with E-state index in [9.17, 15) is 0 Å². The average Bonchev–Trinajstić information content (AvgIpc) is 3.95. The molecular formula is C62H53GeIrN3S-2. The van der Waals surface area contributed by atoms with Crippen LogP contribution >= 0.6 is 11.3 Å². The van der Waals surface area contributed by atoms with Crippen molar-refractivity contribution in [3.63, 3.8) is 0 Å². The van der Waals surface area contributed by atoms with Crippen molar-refractivity contribution in [1.82, 2.24) is 14.5 Å². The number of hydrogen-bond donors (Lipinski definition) is 0. The number of pyridine rings is 1. The molecule has 337 valence electrons. The second-order valence-electron chi connectivity index (χ2n) is 19.1. The van der Waals surface area contributed by atoms with E-state index in [1.54, 1.807) is 23.5 Å². The maximum atomic E-state index is 7.78. The quantitative estimate of drug-likeness (QED) is 0.118. The summed E-state index contributed by atoms with van der Waals surface area (Å²) < 4.78 is 29.4. The molecule has 3 heterocycles. The summed E-state index contributed by atoms with van der Waals surface area (Å²) in [7, 11) is 0. The van der Waals surface area contributed by atoms with Crippen LogP contribution in [0.25, 0.3) is 92.9 Å². The molecule has 68 heavy (non-hydrogen) atoms. The molecule has 0 aliphatic carbocycles. The van der Waals surface area contributed by atoms with Crippen molar-refractivity contribution in [2.75, 3.05) is 0 Å². The number of aromatic nitrogens is 3. The molecule has 3 aromatic heterocycles. The van der Waals surface area contributed by atoms with Crippen LogP contribution < -0.4 is 4.40 Å². The molecule has 0 N–H and O–H groups in total. The van der Waals surface area contributed by atoms with Crippen LogP contribution in [0.15, 0.2) is 194 Å². The molecule has 8 aromatic carbocycles.